The lowest BCUT2D eigenvalue weighted by atomic mass is 10.3. The molecule has 0 aliphatic carbocycles. The zero-order valence-corrected chi connectivity index (χ0v) is 11.5. The second-order valence-electron chi connectivity index (χ2n) is 4.49. The van der Waals surface area contributed by atoms with Crippen LogP contribution in [0.3, 0.4) is 0 Å². The average Bonchev–Trinajstić information content (AvgIpc) is 2.82. The van der Waals surface area contributed by atoms with Gasteiger partial charge in [-0.1, -0.05) is 12.7 Å². The zero-order chi connectivity index (χ0) is 13.7. The molecule has 2 rings (SSSR count). The van der Waals surface area contributed by atoms with E-state index in [-0.39, 0.29) is 6.10 Å². The molecule has 0 aliphatic rings. The molecular formula is C15H20N2O2. The Bertz CT molecular complexity index is 548. The van der Waals surface area contributed by atoms with Crippen molar-refractivity contribution in [3.05, 3.63) is 37.2 Å². The first-order valence-corrected chi connectivity index (χ1v) is 6.47. The Labute approximate surface area is 113 Å². The molecule has 0 saturated carbocycles. The summed E-state index contributed by atoms with van der Waals surface area (Å²) in [5.74, 6) is 0.770. The van der Waals surface area contributed by atoms with Crippen LogP contribution in [0.5, 0.6) is 5.75 Å². The molecule has 1 unspecified atom stereocenters. The molecule has 0 aliphatic heterocycles. The topological polar surface area (TPSA) is 36.3 Å². The van der Waals surface area contributed by atoms with Crippen LogP contribution in [0.2, 0.25) is 0 Å². The largest absolute Gasteiger partial charge is 0.485 e. The number of fused-ring (bicyclic) bond motifs is 1. The second-order valence-corrected chi connectivity index (χ2v) is 4.49. The van der Waals surface area contributed by atoms with Crippen molar-refractivity contribution in [3.8, 4) is 5.75 Å². The standard InChI is InChI=1S/C15H20N2O2/c1-4-12(2)19-13-10-15-14(16-11-13)6-8-17(15)7-5-9-18-3/h4,6,8,10-12H,1,5,7,9H2,2-3H3. The Kier molecular flexibility index (Phi) is 4.58. The maximum atomic E-state index is 5.70. The van der Waals surface area contributed by atoms with Crippen LogP contribution in [0.1, 0.15) is 13.3 Å². The van der Waals surface area contributed by atoms with Crippen molar-refractivity contribution in [3.63, 3.8) is 0 Å². The highest BCUT2D eigenvalue weighted by atomic mass is 16.5. The fourth-order valence-corrected chi connectivity index (χ4v) is 1.95. The summed E-state index contributed by atoms with van der Waals surface area (Å²) in [7, 11) is 1.72. The number of hydrogen-bond acceptors (Lipinski definition) is 3. The van der Waals surface area contributed by atoms with Gasteiger partial charge in [-0.15, -0.1) is 0 Å². The Morgan fingerprint density at radius 1 is 1.53 bits per heavy atom. The molecule has 102 valence electrons. The van der Waals surface area contributed by atoms with Crippen molar-refractivity contribution in [1.29, 1.82) is 0 Å². The molecule has 0 saturated heterocycles. The van der Waals surface area contributed by atoms with E-state index in [1.54, 1.807) is 19.4 Å². The number of nitrogens with zero attached hydrogens (tertiary/aromatic N) is 2. The molecule has 0 radical (unpaired) electrons. The highest BCUT2D eigenvalue weighted by molar-refractivity contribution is 5.76. The summed E-state index contributed by atoms with van der Waals surface area (Å²) in [5.41, 5.74) is 2.07. The normalized spacial score (nSPS) is 12.5. The van der Waals surface area contributed by atoms with Crippen molar-refractivity contribution in [1.82, 2.24) is 9.55 Å². The number of rotatable bonds is 7. The summed E-state index contributed by atoms with van der Waals surface area (Å²) in [4.78, 5) is 4.41. The van der Waals surface area contributed by atoms with Crippen molar-refractivity contribution in [2.24, 2.45) is 0 Å². The molecule has 19 heavy (non-hydrogen) atoms. The number of methoxy groups -OCH3 is 1. The third kappa shape index (κ3) is 3.35. The molecule has 0 amide bonds. The first-order chi connectivity index (χ1) is 9.24. The Hall–Kier alpha value is -1.81. The van der Waals surface area contributed by atoms with Gasteiger partial charge in [-0.2, -0.15) is 0 Å². The molecule has 1 atom stereocenters. The van der Waals surface area contributed by atoms with E-state index < -0.39 is 0 Å². The van der Waals surface area contributed by atoms with Crippen LogP contribution < -0.4 is 4.74 Å². The molecule has 4 nitrogen and oxygen atoms in total. The summed E-state index contributed by atoms with van der Waals surface area (Å²) >= 11 is 0. The van der Waals surface area contributed by atoms with Gasteiger partial charge in [-0.3, -0.25) is 4.98 Å². The van der Waals surface area contributed by atoms with Crippen LogP contribution in [-0.4, -0.2) is 29.4 Å². The lowest BCUT2D eigenvalue weighted by molar-refractivity contribution is 0.190. The van der Waals surface area contributed by atoms with Gasteiger partial charge < -0.3 is 14.0 Å². The van der Waals surface area contributed by atoms with Crippen LogP contribution in [-0.2, 0) is 11.3 Å². The van der Waals surface area contributed by atoms with Crippen LogP contribution in [0, 0.1) is 0 Å². The van der Waals surface area contributed by atoms with Gasteiger partial charge in [-0.25, -0.2) is 0 Å². The fraction of sp³-hybridized carbons (Fsp3) is 0.400. The lowest BCUT2D eigenvalue weighted by Crippen LogP contribution is -2.07. The summed E-state index contributed by atoms with van der Waals surface area (Å²) in [5, 5.41) is 0. The maximum absolute atomic E-state index is 5.70. The fourth-order valence-electron chi connectivity index (χ4n) is 1.95. The van der Waals surface area contributed by atoms with Gasteiger partial charge >= 0.3 is 0 Å². The van der Waals surface area contributed by atoms with Crippen LogP contribution >= 0.6 is 0 Å². The second kappa shape index (κ2) is 6.38. The average molecular weight is 260 g/mol. The summed E-state index contributed by atoms with van der Waals surface area (Å²) in [6, 6.07) is 4.04. The molecule has 2 aromatic rings. The Morgan fingerprint density at radius 3 is 3.11 bits per heavy atom. The number of pyridine rings is 1. The van der Waals surface area contributed by atoms with E-state index in [0.29, 0.717) is 0 Å². The van der Waals surface area contributed by atoms with Crippen molar-refractivity contribution in [2.75, 3.05) is 13.7 Å². The first kappa shape index (κ1) is 13.6. The maximum Gasteiger partial charge on any atom is 0.140 e. The predicted octanol–water partition coefficient (Wildman–Crippen LogP) is 3.03. The Morgan fingerprint density at radius 2 is 2.37 bits per heavy atom. The third-order valence-corrected chi connectivity index (χ3v) is 3.00. The molecule has 2 heterocycles. The monoisotopic (exact) mass is 260 g/mol. The third-order valence-electron chi connectivity index (χ3n) is 3.00. The van der Waals surface area contributed by atoms with Crippen molar-refractivity contribution in [2.45, 2.75) is 26.0 Å². The molecular weight excluding hydrogens is 240 g/mol. The van der Waals surface area contributed by atoms with E-state index in [1.165, 1.54) is 0 Å². The van der Waals surface area contributed by atoms with E-state index in [9.17, 15) is 0 Å². The van der Waals surface area contributed by atoms with E-state index >= 15 is 0 Å². The number of aromatic nitrogens is 2. The minimum Gasteiger partial charge on any atom is -0.485 e. The van der Waals surface area contributed by atoms with Gasteiger partial charge in [0.2, 0.25) is 0 Å². The smallest absolute Gasteiger partial charge is 0.140 e. The van der Waals surface area contributed by atoms with Gasteiger partial charge in [0.15, 0.2) is 0 Å². The Balaban J connectivity index is 2.19. The highest BCUT2D eigenvalue weighted by Crippen LogP contribution is 2.20. The molecule has 0 N–H and O–H groups in total. The summed E-state index contributed by atoms with van der Waals surface area (Å²) in [6.45, 7) is 7.34. The van der Waals surface area contributed by atoms with Crippen LogP contribution in [0.4, 0.5) is 0 Å². The van der Waals surface area contributed by atoms with Crippen LogP contribution in [0.25, 0.3) is 11.0 Å². The zero-order valence-electron chi connectivity index (χ0n) is 11.5. The summed E-state index contributed by atoms with van der Waals surface area (Å²) < 4.78 is 13.0. The van der Waals surface area contributed by atoms with E-state index in [2.05, 4.69) is 16.1 Å². The van der Waals surface area contributed by atoms with Gasteiger partial charge in [0.05, 0.1) is 17.2 Å². The SMILES string of the molecule is C=CC(C)Oc1cnc2ccn(CCCOC)c2c1. The molecule has 0 spiro atoms. The first-order valence-electron chi connectivity index (χ1n) is 6.47. The van der Waals surface area contributed by atoms with Gasteiger partial charge in [0.25, 0.3) is 0 Å². The van der Waals surface area contributed by atoms with Crippen LogP contribution in [0.15, 0.2) is 37.2 Å². The van der Waals surface area contributed by atoms with Crippen molar-refractivity contribution >= 4 is 11.0 Å². The van der Waals surface area contributed by atoms with Gasteiger partial charge in [0, 0.05) is 32.5 Å². The molecule has 0 aromatic carbocycles. The van der Waals surface area contributed by atoms with E-state index in [1.807, 2.05) is 25.3 Å². The van der Waals surface area contributed by atoms with E-state index in [0.717, 1.165) is 36.4 Å². The lowest BCUT2D eigenvalue weighted by Gasteiger charge is -2.11. The van der Waals surface area contributed by atoms with E-state index in [4.69, 9.17) is 9.47 Å². The van der Waals surface area contributed by atoms with Gasteiger partial charge in [-0.05, 0) is 19.4 Å². The summed E-state index contributed by atoms with van der Waals surface area (Å²) in [6.07, 6.45) is 6.53. The molecule has 4 heteroatoms. The highest BCUT2D eigenvalue weighted by Gasteiger charge is 2.06. The van der Waals surface area contributed by atoms with Crippen molar-refractivity contribution < 1.29 is 9.47 Å². The minimum absolute atomic E-state index is 0.0175. The predicted molar refractivity (Wildman–Crippen MR) is 76.5 cm³/mol. The number of ether oxygens (including phenoxy) is 2. The molecule has 0 bridgehead atoms. The number of aryl methyl sites for hydroxylation is 1. The quantitative estimate of drug-likeness (QED) is 0.567. The minimum atomic E-state index is -0.0175. The molecule has 2 aromatic heterocycles. The number of hydrogen-bond donors (Lipinski definition) is 0. The molecule has 0 fully saturated rings. The van der Waals surface area contributed by atoms with Gasteiger partial charge in [0.1, 0.15) is 11.9 Å².